The molecule has 1 N–H and O–H groups in total. The number of hydrogen-bond donors (Lipinski definition) is 1. The van der Waals surface area contributed by atoms with Gasteiger partial charge in [0.25, 0.3) is 5.91 Å². The largest absolute Gasteiger partial charge is 0.493 e. The second kappa shape index (κ2) is 8.66. The molecular weight excluding hydrogens is 282 g/mol. The maximum atomic E-state index is 12.0. The van der Waals surface area contributed by atoms with Gasteiger partial charge in [0.1, 0.15) is 0 Å². The first kappa shape index (κ1) is 16.6. The Kier molecular flexibility index (Phi) is 7.18. The van der Waals surface area contributed by atoms with Crippen molar-refractivity contribution in [2.24, 2.45) is 0 Å². The lowest BCUT2D eigenvalue weighted by atomic mass is 10.2. The Morgan fingerprint density at radius 1 is 1.30 bits per heavy atom. The lowest BCUT2D eigenvalue weighted by Gasteiger charge is -2.12. The van der Waals surface area contributed by atoms with Gasteiger partial charge in [0.05, 0.1) is 19.2 Å². The molecule has 0 spiro atoms. The lowest BCUT2D eigenvalue weighted by molar-refractivity contribution is 0.0944. The number of benzene rings is 1. The summed E-state index contributed by atoms with van der Waals surface area (Å²) in [6.07, 6.45) is 0.764. The quantitative estimate of drug-likeness (QED) is 0.750. The van der Waals surface area contributed by atoms with E-state index in [4.69, 9.17) is 25.8 Å². The van der Waals surface area contributed by atoms with Gasteiger partial charge in [-0.25, -0.2) is 0 Å². The molecule has 0 fully saturated rings. The predicted molar refractivity (Wildman–Crippen MR) is 78.0 cm³/mol. The Morgan fingerprint density at radius 2 is 2.05 bits per heavy atom. The molecule has 0 saturated heterocycles. The minimum atomic E-state index is -0.204. The van der Waals surface area contributed by atoms with Crippen LogP contribution < -0.4 is 14.8 Å². The molecule has 1 rings (SSSR count). The fourth-order valence-corrected chi connectivity index (χ4v) is 1.96. The summed E-state index contributed by atoms with van der Waals surface area (Å²) >= 11 is 6.06. The van der Waals surface area contributed by atoms with Gasteiger partial charge in [-0.2, -0.15) is 0 Å². The first-order chi connectivity index (χ1) is 9.63. The standard InChI is InChI=1S/C14H20ClNO4/c1-4-20-7-5-6-16-14(17)10-8-11(15)13(19-3)12(9-10)18-2/h8-9H,4-7H2,1-3H3,(H,16,17). The number of nitrogens with one attached hydrogen (secondary N) is 1. The maximum absolute atomic E-state index is 12.0. The summed E-state index contributed by atoms with van der Waals surface area (Å²) < 4.78 is 15.5. The lowest BCUT2D eigenvalue weighted by Crippen LogP contribution is -2.25. The topological polar surface area (TPSA) is 56.8 Å². The van der Waals surface area contributed by atoms with Gasteiger partial charge in [-0.3, -0.25) is 4.79 Å². The summed E-state index contributed by atoms with van der Waals surface area (Å²) in [4.78, 5) is 12.0. The molecule has 5 nitrogen and oxygen atoms in total. The van der Waals surface area contributed by atoms with Crippen molar-refractivity contribution >= 4 is 17.5 Å². The van der Waals surface area contributed by atoms with Crippen LogP contribution in [0.4, 0.5) is 0 Å². The van der Waals surface area contributed by atoms with Gasteiger partial charge in [-0.15, -0.1) is 0 Å². The molecule has 6 heteroatoms. The third kappa shape index (κ3) is 4.58. The highest BCUT2D eigenvalue weighted by Crippen LogP contribution is 2.35. The van der Waals surface area contributed by atoms with Crippen molar-refractivity contribution in [1.82, 2.24) is 5.32 Å². The molecule has 1 amide bonds. The van der Waals surface area contributed by atoms with Crippen molar-refractivity contribution in [3.63, 3.8) is 0 Å². The summed E-state index contributed by atoms with van der Waals surface area (Å²) in [6.45, 7) is 3.79. The minimum absolute atomic E-state index is 0.204. The smallest absolute Gasteiger partial charge is 0.251 e. The van der Waals surface area contributed by atoms with Crippen molar-refractivity contribution in [3.05, 3.63) is 22.7 Å². The zero-order valence-corrected chi connectivity index (χ0v) is 12.8. The Hall–Kier alpha value is -1.46. The van der Waals surface area contributed by atoms with E-state index >= 15 is 0 Å². The Morgan fingerprint density at radius 3 is 2.65 bits per heavy atom. The second-order valence-electron chi connectivity index (χ2n) is 4.00. The molecule has 0 heterocycles. The van der Waals surface area contributed by atoms with E-state index in [0.29, 0.717) is 41.8 Å². The monoisotopic (exact) mass is 301 g/mol. The molecule has 1 aromatic carbocycles. The van der Waals surface area contributed by atoms with Crippen LogP contribution in [0.1, 0.15) is 23.7 Å². The zero-order valence-electron chi connectivity index (χ0n) is 12.0. The van der Waals surface area contributed by atoms with E-state index in [1.807, 2.05) is 6.92 Å². The Labute approximate surface area is 124 Å². The van der Waals surface area contributed by atoms with Crippen LogP contribution in [0.5, 0.6) is 11.5 Å². The summed E-state index contributed by atoms with van der Waals surface area (Å²) in [5, 5.41) is 3.14. The van der Waals surface area contributed by atoms with Crippen LogP contribution in [0.2, 0.25) is 5.02 Å². The normalized spacial score (nSPS) is 10.2. The maximum Gasteiger partial charge on any atom is 0.251 e. The van der Waals surface area contributed by atoms with Gasteiger partial charge in [0.2, 0.25) is 0 Å². The molecule has 0 unspecified atom stereocenters. The average Bonchev–Trinajstić information content (AvgIpc) is 2.45. The summed E-state index contributed by atoms with van der Waals surface area (Å²) in [7, 11) is 3.00. The average molecular weight is 302 g/mol. The van der Waals surface area contributed by atoms with E-state index in [9.17, 15) is 4.79 Å². The third-order valence-electron chi connectivity index (χ3n) is 2.65. The summed E-state index contributed by atoms with van der Waals surface area (Å²) in [5.74, 6) is 0.644. The first-order valence-corrected chi connectivity index (χ1v) is 6.79. The highest BCUT2D eigenvalue weighted by Gasteiger charge is 2.14. The molecule has 1 aromatic rings. The molecule has 0 aliphatic heterocycles. The van der Waals surface area contributed by atoms with Crippen LogP contribution in [-0.2, 0) is 4.74 Å². The third-order valence-corrected chi connectivity index (χ3v) is 2.93. The van der Waals surface area contributed by atoms with E-state index in [0.717, 1.165) is 6.42 Å². The van der Waals surface area contributed by atoms with Crippen LogP contribution in [0.25, 0.3) is 0 Å². The van der Waals surface area contributed by atoms with Gasteiger partial charge >= 0.3 is 0 Å². The van der Waals surface area contributed by atoms with Gasteiger partial charge in [-0.05, 0) is 25.5 Å². The number of hydrogen-bond acceptors (Lipinski definition) is 4. The SMILES string of the molecule is CCOCCCNC(=O)c1cc(Cl)c(OC)c(OC)c1. The molecule has 0 aliphatic carbocycles. The Balaban J connectivity index is 2.66. The number of rotatable bonds is 8. The number of ether oxygens (including phenoxy) is 3. The van der Waals surface area contributed by atoms with Crippen LogP contribution >= 0.6 is 11.6 Å². The fraction of sp³-hybridized carbons (Fsp3) is 0.500. The number of carbonyl (C=O) groups is 1. The van der Waals surface area contributed by atoms with Crippen LogP contribution in [-0.4, -0.2) is 39.9 Å². The predicted octanol–water partition coefficient (Wildman–Crippen LogP) is 2.51. The molecule has 0 atom stereocenters. The molecule has 0 aliphatic rings. The summed E-state index contributed by atoms with van der Waals surface area (Å²) in [5.41, 5.74) is 0.434. The van der Waals surface area contributed by atoms with E-state index in [1.165, 1.54) is 14.2 Å². The fourth-order valence-electron chi connectivity index (χ4n) is 1.67. The van der Waals surface area contributed by atoms with Crippen molar-refractivity contribution < 1.29 is 19.0 Å². The van der Waals surface area contributed by atoms with E-state index in [-0.39, 0.29) is 5.91 Å². The highest BCUT2D eigenvalue weighted by molar-refractivity contribution is 6.32. The van der Waals surface area contributed by atoms with Gasteiger partial charge in [-0.1, -0.05) is 11.6 Å². The van der Waals surface area contributed by atoms with Crippen LogP contribution in [0, 0.1) is 0 Å². The molecule has 0 aromatic heterocycles. The number of amides is 1. The first-order valence-electron chi connectivity index (χ1n) is 6.41. The van der Waals surface area contributed by atoms with Crippen molar-refractivity contribution in [2.45, 2.75) is 13.3 Å². The second-order valence-corrected chi connectivity index (χ2v) is 4.41. The van der Waals surface area contributed by atoms with E-state index < -0.39 is 0 Å². The van der Waals surface area contributed by atoms with Crippen molar-refractivity contribution in [3.8, 4) is 11.5 Å². The minimum Gasteiger partial charge on any atom is -0.493 e. The molecule has 20 heavy (non-hydrogen) atoms. The van der Waals surface area contributed by atoms with E-state index in [2.05, 4.69) is 5.32 Å². The number of carbonyl (C=O) groups excluding carboxylic acids is 1. The molecule has 0 saturated carbocycles. The van der Waals surface area contributed by atoms with Crippen molar-refractivity contribution in [2.75, 3.05) is 34.0 Å². The number of methoxy groups -OCH3 is 2. The van der Waals surface area contributed by atoms with Crippen LogP contribution in [0.3, 0.4) is 0 Å². The van der Waals surface area contributed by atoms with Crippen molar-refractivity contribution in [1.29, 1.82) is 0 Å². The Bertz CT molecular complexity index is 451. The van der Waals surface area contributed by atoms with E-state index in [1.54, 1.807) is 12.1 Å². The highest BCUT2D eigenvalue weighted by atomic mass is 35.5. The van der Waals surface area contributed by atoms with Crippen LogP contribution in [0.15, 0.2) is 12.1 Å². The van der Waals surface area contributed by atoms with Gasteiger partial charge in [0, 0.05) is 25.3 Å². The molecule has 0 bridgehead atoms. The molecular formula is C14H20ClNO4. The van der Waals surface area contributed by atoms with Gasteiger partial charge < -0.3 is 19.5 Å². The molecule has 112 valence electrons. The summed E-state index contributed by atoms with van der Waals surface area (Å²) in [6, 6.07) is 3.16. The van der Waals surface area contributed by atoms with Gasteiger partial charge in [0.15, 0.2) is 11.5 Å². The molecule has 0 radical (unpaired) electrons. The number of halogens is 1. The zero-order chi connectivity index (χ0) is 15.0.